The lowest BCUT2D eigenvalue weighted by Crippen LogP contribution is -2.33. The Bertz CT molecular complexity index is 633. The number of guanidine groups is 1. The van der Waals surface area contributed by atoms with Crippen molar-refractivity contribution in [3.63, 3.8) is 0 Å². The molecule has 0 saturated heterocycles. The molecule has 132 valence electrons. The number of thiophene rings is 1. The number of hydrogen-bond acceptors (Lipinski definition) is 4. The van der Waals surface area contributed by atoms with Gasteiger partial charge in [0.05, 0.1) is 20.3 Å². The van der Waals surface area contributed by atoms with E-state index < -0.39 is 0 Å². The predicted octanol–water partition coefficient (Wildman–Crippen LogP) is 3.42. The summed E-state index contributed by atoms with van der Waals surface area (Å²) in [5, 5.41) is 5.21. The van der Waals surface area contributed by atoms with Crippen LogP contribution in [-0.4, -0.2) is 26.2 Å². The van der Waals surface area contributed by atoms with Crippen molar-refractivity contribution in [3.8, 4) is 11.5 Å². The molecular formula is C17H24IN3O2S. The van der Waals surface area contributed by atoms with Gasteiger partial charge >= 0.3 is 0 Å². The minimum Gasteiger partial charge on any atom is -0.493 e. The van der Waals surface area contributed by atoms with Crippen LogP contribution in [0.15, 0.2) is 40.7 Å². The van der Waals surface area contributed by atoms with E-state index in [9.17, 15) is 0 Å². The lowest BCUT2D eigenvalue weighted by molar-refractivity contribution is 0.310. The van der Waals surface area contributed by atoms with Crippen LogP contribution in [-0.2, 0) is 13.0 Å². The molecule has 2 rings (SSSR count). The number of benzene rings is 1. The van der Waals surface area contributed by atoms with Gasteiger partial charge in [0.2, 0.25) is 0 Å². The molecule has 1 aromatic heterocycles. The quantitative estimate of drug-likeness (QED) is 0.359. The molecule has 0 saturated carbocycles. The summed E-state index contributed by atoms with van der Waals surface area (Å²) in [7, 11) is 1.63. The molecule has 0 spiro atoms. The van der Waals surface area contributed by atoms with Gasteiger partial charge in [-0.15, -0.1) is 35.3 Å². The summed E-state index contributed by atoms with van der Waals surface area (Å²) in [6.45, 7) is 3.83. The lowest BCUT2D eigenvalue weighted by atomic mass is 10.2. The molecule has 0 unspecified atom stereocenters. The maximum absolute atomic E-state index is 5.90. The van der Waals surface area contributed by atoms with Crippen LogP contribution in [0.1, 0.15) is 17.4 Å². The van der Waals surface area contributed by atoms with Crippen LogP contribution < -0.4 is 20.5 Å². The lowest BCUT2D eigenvalue weighted by Gasteiger charge is -2.10. The molecule has 0 amide bonds. The zero-order valence-electron chi connectivity index (χ0n) is 14.0. The van der Waals surface area contributed by atoms with Gasteiger partial charge in [-0.05, 0) is 42.5 Å². The van der Waals surface area contributed by atoms with Crippen molar-refractivity contribution < 1.29 is 9.47 Å². The molecule has 0 aliphatic rings. The van der Waals surface area contributed by atoms with Gasteiger partial charge in [0.15, 0.2) is 17.5 Å². The van der Waals surface area contributed by atoms with Crippen molar-refractivity contribution in [1.29, 1.82) is 0 Å². The van der Waals surface area contributed by atoms with E-state index in [2.05, 4.69) is 27.8 Å². The first-order valence-corrected chi connectivity index (χ1v) is 8.46. The normalized spacial score (nSPS) is 10.8. The summed E-state index contributed by atoms with van der Waals surface area (Å²) in [6, 6.07) is 9.96. The van der Waals surface area contributed by atoms with Gasteiger partial charge in [-0.1, -0.05) is 12.1 Å². The number of nitrogens with one attached hydrogen (secondary N) is 1. The summed E-state index contributed by atoms with van der Waals surface area (Å²) >= 11 is 1.75. The second kappa shape index (κ2) is 11.1. The fourth-order valence-electron chi connectivity index (χ4n) is 2.09. The first-order chi connectivity index (χ1) is 11.2. The third-order valence-electron chi connectivity index (χ3n) is 3.22. The van der Waals surface area contributed by atoms with Crippen LogP contribution in [0, 0.1) is 0 Å². The molecule has 3 N–H and O–H groups in total. The Morgan fingerprint density at radius 1 is 1.29 bits per heavy atom. The van der Waals surface area contributed by atoms with Crippen LogP contribution >= 0.6 is 35.3 Å². The number of methoxy groups -OCH3 is 1. The second-order valence-electron chi connectivity index (χ2n) is 4.88. The maximum Gasteiger partial charge on any atom is 0.188 e. The Kier molecular flexibility index (Phi) is 9.55. The Morgan fingerprint density at radius 2 is 2.12 bits per heavy atom. The topological polar surface area (TPSA) is 68.9 Å². The van der Waals surface area contributed by atoms with Gasteiger partial charge in [0, 0.05) is 11.4 Å². The van der Waals surface area contributed by atoms with Gasteiger partial charge in [0.1, 0.15) is 0 Å². The standard InChI is InChI=1S/C17H23N3O2S.HI/c1-3-22-15-7-6-13(11-16(15)21-2)12-20-17(18)19-9-8-14-5-4-10-23-14;/h4-7,10-11H,3,8-9,12H2,1-2H3,(H3,18,19,20);1H. The summed E-state index contributed by atoms with van der Waals surface area (Å²) < 4.78 is 10.8. The molecule has 0 aliphatic carbocycles. The Hall–Kier alpha value is -1.48. The summed E-state index contributed by atoms with van der Waals surface area (Å²) in [6.07, 6.45) is 0.949. The number of ether oxygens (including phenoxy) is 2. The van der Waals surface area contributed by atoms with Crippen LogP contribution in [0.3, 0.4) is 0 Å². The summed E-state index contributed by atoms with van der Waals surface area (Å²) in [5.74, 6) is 1.91. The molecule has 24 heavy (non-hydrogen) atoms. The Balaban J connectivity index is 0.00000288. The van der Waals surface area contributed by atoms with Crippen LogP contribution in [0.4, 0.5) is 0 Å². The van der Waals surface area contributed by atoms with Gasteiger partial charge in [-0.25, -0.2) is 4.99 Å². The van der Waals surface area contributed by atoms with Crippen molar-refractivity contribution in [1.82, 2.24) is 5.32 Å². The third kappa shape index (κ3) is 6.56. The molecular weight excluding hydrogens is 437 g/mol. The van der Waals surface area contributed by atoms with E-state index in [0.717, 1.165) is 24.3 Å². The highest BCUT2D eigenvalue weighted by Crippen LogP contribution is 2.28. The third-order valence-corrected chi connectivity index (χ3v) is 4.15. The van der Waals surface area contributed by atoms with Crippen molar-refractivity contribution >= 4 is 41.3 Å². The van der Waals surface area contributed by atoms with E-state index in [-0.39, 0.29) is 24.0 Å². The van der Waals surface area contributed by atoms with Crippen molar-refractivity contribution in [3.05, 3.63) is 46.2 Å². The minimum absolute atomic E-state index is 0. The second-order valence-corrected chi connectivity index (χ2v) is 5.91. The largest absolute Gasteiger partial charge is 0.493 e. The van der Waals surface area contributed by atoms with E-state index in [4.69, 9.17) is 15.2 Å². The predicted molar refractivity (Wildman–Crippen MR) is 111 cm³/mol. The number of rotatable bonds is 8. The van der Waals surface area contributed by atoms with E-state index in [1.54, 1.807) is 18.4 Å². The maximum atomic E-state index is 5.90. The number of hydrogen-bond donors (Lipinski definition) is 2. The molecule has 5 nitrogen and oxygen atoms in total. The van der Waals surface area contributed by atoms with Gasteiger partial charge in [-0.2, -0.15) is 0 Å². The minimum atomic E-state index is 0. The van der Waals surface area contributed by atoms with E-state index >= 15 is 0 Å². The first-order valence-electron chi connectivity index (χ1n) is 7.58. The van der Waals surface area contributed by atoms with E-state index in [0.29, 0.717) is 24.9 Å². The number of halogens is 1. The van der Waals surface area contributed by atoms with Crippen LogP contribution in [0.5, 0.6) is 11.5 Å². The molecule has 1 aromatic carbocycles. The average molecular weight is 461 g/mol. The Morgan fingerprint density at radius 3 is 2.79 bits per heavy atom. The number of aliphatic imine (C=N–C) groups is 1. The highest BCUT2D eigenvalue weighted by molar-refractivity contribution is 14.0. The molecule has 0 aliphatic heterocycles. The monoisotopic (exact) mass is 461 g/mol. The molecule has 1 heterocycles. The zero-order chi connectivity index (χ0) is 16.5. The molecule has 0 radical (unpaired) electrons. The molecule has 0 fully saturated rings. The fourth-order valence-corrected chi connectivity index (χ4v) is 2.80. The molecule has 7 heteroatoms. The zero-order valence-corrected chi connectivity index (χ0v) is 17.1. The van der Waals surface area contributed by atoms with Gasteiger partial charge in [0.25, 0.3) is 0 Å². The molecule has 2 aromatic rings. The summed E-state index contributed by atoms with van der Waals surface area (Å²) in [4.78, 5) is 5.69. The van der Waals surface area contributed by atoms with Crippen LogP contribution in [0.2, 0.25) is 0 Å². The average Bonchev–Trinajstić information content (AvgIpc) is 3.07. The van der Waals surface area contributed by atoms with Crippen molar-refractivity contribution in [2.75, 3.05) is 20.3 Å². The Labute approximate surface area is 164 Å². The molecule has 0 bridgehead atoms. The first kappa shape index (κ1) is 20.6. The van der Waals surface area contributed by atoms with E-state index in [1.165, 1.54) is 4.88 Å². The molecule has 0 atom stereocenters. The highest BCUT2D eigenvalue weighted by Gasteiger charge is 2.05. The van der Waals surface area contributed by atoms with E-state index in [1.807, 2.05) is 25.1 Å². The van der Waals surface area contributed by atoms with Crippen LogP contribution in [0.25, 0.3) is 0 Å². The van der Waals surface area contributed by atoms with Crippen molar-refractivity contribution in [2.24, 2.45) is 10.7 Å². The van der Waals surface area contributed by atoms with Gasteiger partial charge < -0.3 is 20.5 Å². The SMILES string of the molecule is CCOc1ccc(CN=C(N)NCCc2cccs2)cc1OC.I. The van der Waals surface area contributed by atoms with Crippen molar-refractivity contribution in [2.45, 2.75) is 19.9 Å². The fraction of sp³-hybridized carbons (Fsp3) is 0.353. The van der Waals surface area contributed by atoms with Gasteiger partial charge in [-0.3, -0.25) is 0 Å². The smallest absolute Gasteiger partial charge is 0.188 e. The number of nitrogens with two attached hydrogens (primary N) is 1. The number of nitrogens with zero attached hydrogens (tertiary/aromatic N) is 1. The highest BCUT2D eigenvalue weighted by atomic mass is 127. The summed E-state index contributed by atoms with van der Waals surface area (Å²) in [5.41, 5.74) is 6.92.